The van der Waals surface area contributed by atoms with Gasteiger partial charge in [0.2, 0.25) is 11.7 Å². The Labute approximate surface area is 132 Å². The Hall–Kier alpha value is -2.74. The fourth-order valence-electron chi connectivity index (χ4n) is 2.12. The van der Waals surface area contributed by atoms with Crippen molar-refractivity contribution < 1.29 is 14.8 Å². The minimum absolute atomic E-state index is 0.0334. The molecule has 2 aromatic rings. The number of benzene rings is 1. The van der Waals surface area contributed by atoms with E-state index in [0.717, 1.165) is 0 Å². The van der Waals surface area contributed by atoms with E-state index in [9.17, 15) is 20.0 Å². The Kier molecular flexibility index (Phi) is 4.75. The van der Waals surface area contributed by atoms with Crippen molar-refractivity contribution in [3.05, 3.63) is 58.0 Å². The van der Waals surface area contributed by atoms with Crippen molar-refractivity contribution in [2.75, 3.05) is 6.54 Å². The third kappa shape index (κ3) is 4.13. The largest absolute Gasteiger partial charge is 0.384 e. The summed E-state index contributed by atoms with van der Waals surface area (Å²) in [4.78, 5) is 25.8. The van der Waals surface area contributed by atoms with Crippen LogP contribution in [0.5, 0.6) is 0 Å². The van der Waals surface area contributed by atoms with Crippen LogP contribution in [0.25, 0.3) is 0 Å². The molecule has 122 valence electrons. The van der Waals surface area contributed by atoms with Crippen LogP contribution >= 0.6 is 0 Å². The SMILES string of the molecule is Cc1nc([N+](=O)[O-])cn1CC(=O)NCC(C)(O)c1ccccc1. The average Bonchev–Trinajstić information content (AvgIpc) is 2.88. The summed E-state index contributed by atoms with van der Waals surface area (Å²) in [6.07, 6.45) is 1.21. The highest BCUT2D eigenvalue weighted by Crippen LogP contribution is 2.19. The van der Waals surface area contributed by atoms with Crippen LogP contribution in [0.2, 0.25) is 0 Å². The number of nitrogens with zero attached hydrogens (tertiary/aromatic N) is 3. The fourth-order valence-corrected chi connectivity index (χ4v) is 2.12. The highest BCUT2D eigenvalue weighted by Gasteiger charge is 2.24. The smallest absolute Gasteiger partial charge is 0.381 e. The van der Waals surface area contributed by atoms with Crippen molar-refractivity contribution in [2.45, 2.75) is 26.0 Å². The first-order valence-electron chi connectivity index (χ1n) is 7.02. The molecule has 1 unspecified atom stereocenters. The van der Waals surface area contributed by atoms with Crippen molar-refractivity contribution in [2.24, 2.45) is 0 Å². The van der Waals surface area contributed by atoms with Gasteiger partial charge >= 0.3 is 5.82 Å². The molecule has 23 heavy (non-hydrogen) atoms. The van der Waals surface area contributed by atoms with Gasteiger partial charge in [-0.1, -0.05) is 30.3 Å². The van der Waals surface area contributed by atoms with Crippen molar-refractivity contribution in [1.82, 2.24) is 14.9 Å². The zero-order chi connectivity index (χ0) is 17.0. The third-order valence-electron chi connectivity index (χ3n) is 3.49. The summed E-state index contributed by atoms with van der Waals surface area (Å²) in [5.74, 6) is -0.287. The van der Waals surface area contributed by atoms with E-state index in [1.54, 1.807) is 38.1 Å². The maximum absolute atomic E-state index is 12.0. The minimum atomic E-state index is -1.20. The summed E-state index contributed by atoms with van der Waals surface area (Å²) in [5.41, 5.74) is -0.512. The Balaban J connectivity index is 1.96. The van der Waals surface area contributed by atoms with Crippen LogP contribution in [0.15, 0.2) is 36.5 Å². The van der Waals surface area contributed by atoms with Gasteiger partial charge in [0, 0.05) is 6.92 Å². The number of nitrogens with one attached hydrogen (secondary N) is 1. The zero-order valence-corrected chi connectivity index (χ0v) is 12.9. The molecule has 1 atom stereocenters. The summed E-state index contributed by atoms with van der Waals surface area (Å²) in [6.45, 7) is 3.12. The van der Waals surface area contributed by atoms with Crippen molar-refractivity contribution in [1.29, 1.82) is 0 Å². The Morgan fingerprint density at radius 3 is 2.65 bits per heavy atom. The molecular formula is C15H18N4O4. The number of aryl methyl sites for hydroxylation is 1. The first-order valence-corrected chi connectivity index (χ1v) is 7.02. The van der Waals surface area contributed by atoms with Gasteiger partial charge in [-0.25, -0.2) is 0 Å². The molecule has 0 saturated carbocycles. The van der Waals surface area contributed by atoms with E-state index in [4.69, 9.17) is 0 Å². The normalized spacial score (nSPS) is 13.3. The molecule has 0 spiro atoms. The van der Waals surface area contributed by atoms with E-state index in [2.05, 4.69) is 10.3 Å². The number of aliphatic hydroxyl groups is 1. The topological polar surface area (TPSA) is 110 Å². The maximum Gasteiger partial charge on any atom is 0.381 e. The second-order valence-electron chi connectivity index (χ2n) is 5.45. The predicted octanol–water partition coefficient (Wildman–Crippen LogP) is 1.12. The number of nitro groups is 1. The Morgan fingerprint density at radius 2 is 2.09 bits per heavy atom. The molecule has 8 nitrogen and oxygen atoms in total. The molecule has 2 N–H and O–H groups in total. The number of carbonyl (C=O) groups is 1. The zero-order valence-electron chi connectivity index (χ0n) is 12.9. The summed E-state index contributed by atoms with van der Waals surface area (Å²) in [6, 6.07) is 9.00. The molecule has 0 bridgehead atoms. The minimum Gasteiger partial charge on any atom is -0.384 e. The first-order chi connectivity index (χ1) is 10.8. The molecule has 0 saturated heterocycles. The van der Waals surface area contributed by atoms with Gasteiger partial charge in [0.1, 0.15) is 18.3 Å². The molecular weight excluding hydrogens is 300 g/mol. The van der Waals surface area contributed by atoms with Crippen LogP contribution < -0.4 is 5.32 Å². The predicted molar refractivity (Wildman–Crippen MR) is 82.6 cm³/mol. The van der Waals surface area contributed by atoms with E-state index < -0.39 is 10.5 Å². The van der Waals surface area contributed by atoms with Crippen molar-refractivity contribution >= 4 is 11.7 Å². The van der Waals surface area contributed by atoms with E-state index in [1.165, 1.54) is 10.8 Å². The lowest BCUT2D eigenvalue weighted by Crippen LogP contribution is -2.40. The summed E-state index contributed by atoms with van der Waals surface area (Å²) in [7, 11) is 0. The van der Waals surface area contributed by atoms with E-state index in [-0.39, 0.29) is 24.8 Å². The third-order valence-corrected chi connectivity index (χ3v) is 3.49. The number of aromatic nitrogens is 2. The standard InChI is InChI=1S/C15H18N4O4/c1-11-17-13(19(22)23)8-18(11)9-14(20)16-10-15(2,21)12-6-4-3-5-7-12/h3-8,21H,9-10H2,1-2H3,(H,16,20). The lowest BCUT2D eigenvalue weighted by molar-refractivity contribution is -0.389. The van der Waals surface area contributed by atoms with Crippen LogP contribution in [0.3, 0.4) is 0 Å². The second-order valence-corrected chi connectivity index (χ2v) is 5.45. The number of carbonyl (C=O) groups excluding carboxylic acids is 1. The summed E-state index contributed by atoms with van der Waals surface area (Å²) in [5, 5.41) is 23.7. The molecule has 0 radical (unpaired) electrons. The van der Waals surface area contributed by atoms with Crippen LogP contribution in [-0.2, 0) is 16.9 Å². The van der Waals surface area contributed by atoms with Gasteiger partial charge in [-0.2, -0.15) is 0 Å². The molecule has 8 heteroatoms. The maximum atomic E-state index is 12.0. The van der Waals surface area contributed by atoms with Crippen molar-refractivity contribution in [3.63, 3.8) is 0 Å². The first kappa shape index (κ1) is 16.6. The summed E-state index contributed by atoms with van der Waals surface area (Å²) < 4.78 is 1.39. The molecule has 0 aliphatic heterocycles. The lowest BCUT2D eigenvalue weighted by atomic mass is 9.96. The van der Waals surface area contributed by atoms with Crippen LogP contribution in [0.4, 0.5) is 5.82 Å². The number of hydrogen-bond donors (Lipinski definition) is 2. The van der Waals surface area contributed by atoms with Crippen LogP contribution in [0.1, 0.15) is 18.3 Å². The van der Waals surface area contributed by atoms with Crippen molar-refractivity contribution in [3.8, 4) is 0 Å². The Bertz CT molecular complexity index is 710. The van der Waals surface area contributed by atoms with Gasteiger partial charge in [0.25, 0.3) is 0 Å². The molecule has 1 aromatic heterocycles. The molecule has 2 rings (SSSR count). The Morgan fingerprint density at radius 1 is 1.43 bits per heavy atom. The van der Waals surface area contributed by atoms with Gasteiger partial charge in [-0.15, -0.1) is 0 Å². The monoisotopic (exact) mass is 318 g/mol. The molecule has 1 aromatic carbocycles. The van der Waals surface area contributed by atoms with E-state index in [1.807, 2.05) is 6.07 Å². The lowest BCUT2D eigenvalue weighted by Gasteiger charge is -2.24. The van der Waals surface area contributed by atoms with E-state index in [0.29, 0.717) is 11.4 Å². The van der Waals surface area contributed by atoms with Crippen LogP contribution in [-0.4, -0.2) is 32.0 Å². The molecule has 1 heterocycles. The van der Waals surface area contributed by atoms with Gasteiger partial charge in [0.15, 0.2) is 0 Å². The average molecular weight is 318 g/mol. The molecule has 1 amide bonds. The number of imidazole rings is 1. The van der Waals surface area contributed by atoms with Gasteiger partial charge in [-0.3, -0.25) is 9.36 Å². The van der Waals surface area contributed by atoms with Crippen LogP contribution in [0, 0.1) is 17.0 Å². The number of rotatable bonds is 6. The molecule has 0 aliphatic carbocycles. The highest BCUT2D eigenvalue weighted by molar-refractivity contribution is 5.76. The molecule has 0 fully saturated rings. The number of hydrogen-bond acceptors (Lipinski definition) is 5. The second kappa shape index (κ2) is 6.57. The fraction of sp³-hybridized carbons (Fsp3) is 0.333. The number of amides is 1. The van der Waals surface area contributed by atoms with Gasteiger partial charge in [0.05, 0.1) is 6.54 Å². The summed E-state index contributed by atoms with van der Waals surface area (Å²) >= 11 is 0. The molecule has 0 aliphatic rings. The van der Waals surface area contributed by atoms with E-state index >= 15 is 0 Å². The highest BCUT2D eigenvalue weighted by atomic mass is 16.6. The van der Waals surface area contributed by atoms with Gasteiger partial charge < -0.3 is 20.5 Å². The quantitative estimate of drug-likeness (QED) is 0.612. The van der Waals surface area contributed by atoms with Gasteiger partial charge in [-0.05, 0) is 22.4 Å².